The lowest BCUT2D eigenvalue weighted by atomic mass is 9.53. The van der Waals surface area contributed by atoms with Crippen molar-refractivity contribution in [1.29, 1.82) is 0 Å². The molecule has 0 atom stereocenters. The third-order valence-electron chi connectivity index (χ3n) is 8.80. The number of hydrogen-bond donors (Lipinski definition) is 1. The molecule has 2 N–H and O–H groups in total. The zero-order valence-corrected chi connectivity index (χ0v) is 19.0. The SMILES string of the molecule is NCCOCCOc1ccc([C@H]2CC[C@]3(CC2)OO[C@]2(O3)C3CC4CC(C3)CC2C4)cc1. The Bertz CT molecular complexity index is 760. The maximum atomic E-state index is 6.85. The Morgan fingerprint density at radius 2 is 1.53 bits per heavy atom. The Morgan fingerprint density at radius 3 is 2.19 bits per heavy atom. The van der Waals surface area contributed by atoms with E-state index >= 15 is 0 Å². The third kappa shape index (κ3) is 3.78. The van der Waals surface area contributed by atoms with E-state index in [0.717, 1.165) is 43.3 Å². The number of nitrogens with two attached hydrogens (primary N) is 1. The Kier molecular flexibility index (Phi) is 5.71. The van der Waals surface area contributed by atoms with E-state index in [0.29, 0.717) is 44.1 Å². The molecule has 1 aliphatic heterocycles. The first kappa shape index (κ1) is 21.4. The van der Waals surface area contributed by atoms with Crippen LogP contribution in [0.2, 0.25) is 0 Å². The van der Waals surface area contributed by atoms with Gasteiger partial charge in [0.2, 0.25) is 11.6 Å². The van der Waals surface area contributed by atoms with Gasteiger partial charge in [0.05, 0.1) is 13.2 Å². The molecule has 6 aliphatic rings. The lowest BCUT2D eigenvalue weighted by molar-refractivity contribution is -0.390. The number of rotatable bonds is 7. The molecule has 0 unspecified atom stereocenters. The minimum Gasteiger partial charge on any atom is -0.491 e. The fourth-order valence-electron chi connectivity index (χ4n) is 7.43. The zero-order chi connectivity index (χ0) is 21.6. The second kappa shape index (κ2) is 8.55. The molecule has 1 aromatic carbocycles. The van der Waals surface area contributed by atoms with Gasteiger partial charge in [0.15, 0.2) is 0 Å². The number of hydrogen-bond acceptors (Lipinski definition) is 6. The third-order valence-corrected chi connectivity index (χ3v) is 8.80. The van der Waals surface area contributed by atoms with Crippen molar-refractivity contribution in [3.63, 3.8) is 0 Å². The Balaban J connectivity index is 1.03. The van der Waals surface area contributed by atoms with Crippen molar-refractivity contribution >= 4 is 0 Å². The monoisotopic (exact) mass is 443 g/mol. The van der Waals surface area contributed by atoms with E-state index in [2.05, 4.69) is 24.3 Å². The van der Waals surface area contributed by atoms with Crippen LogP contribution in [-0.4, -0.2) is 37.9 Å². The van der Waals surface area contributed by atoms with Gasteiger partial charge in [0, 0.05) is 31.2 Å². The first-order valence-corrected chi connectivity index (χ1v) is 12.8. The van der Waals surface area contributed by atoms with Gasteiger partial charge in [-0.25, -0.2) is 0 Å². The van der Waals surface area contributed by atoms with Gasteiger partial charge in [-0.2, -0.15) is 9.78 Å². The van der Waals surface area contributed by atoms with E-state index in [1.807, 2.05) is 0 Å². The summed E-state index contributed by atoms with van der Waals surface area (Å²) in [6.45, 7) is 2.23. The lowest BCUT2D eigenvalue weighted by Gasteiger charge is -2.57. The highest BCUT2D eigenvalue weighted by Crippen LogP contribution is 2.64. The standard InChI is InChI=1S/C26H37NO5/c27-9-10-28-11-12-29-24-3-1-20(2-4-24)21-5-7-25(8-6-21)30-26(32-31-25)22-14-18-13-19(16-22)17-23(26)15-18/h1-4,18-19,21-23H,5-17,27H2/t18?,19?,21-,22?,23?,25+,26-. The maximum absolute atomic E-state index is 6.85. The fraction of sp³-hybridized carbons (Fsp3) is 0.769. The van der Waals surface area contributed by atoms with Gasteiger partial charge >= 0.3 is 0 Å². The van der Waals surface area contributed by atoms with Crippen LogP contribution in [0, 0.1) is 23.7 Å². The van der Waals surface area contributed by atoms with Crippen molar-refractivity contribution in [1.82, 2.24) is 0 Å². The van der Waals surface area contributed by atoms with Crippen molar-refractivity contribution in [2.24, 2.45) is 29.4 Å². The summed E-state index contributed by atoms with van der Waals surface area (Å²) in [5, 5.41) is 0. The predicted octanol–water partition coefficient (Wildman–Crippen LogP) is 4.53. The highest BCUT2D eigenvalue weighted by atomic mass is 17.3. The van der Waals surface area contributed by atoms with Crippen LogP contribution < -0.4 is 10.5 Å². The normalized spacial score (nSPS) is 42.2. The quantitative estimate of drug-likeness (QED) is 0.493. The van der Waals surface area contributed by atoms with Crippen LogP contribution in [0.15, 0.2) is 24.3 Å². The Hall–Kier alpha value is -1.18. The molecule has 7 rings (SSSR count). The molecule has 5 saturated carbocycles. The second-order valence-corrected chi connectivity index (χ2v) is 10.8. The molecule has 1 heterocycles. The molecule has 0 radical (unpaired) electrons. The summed E-state index contributed by atoms with van der Waals surface area (Å²) in [4.78, 5) is 12.2. The molecule has 5 aliphatic carbocycles. The minimum atomic E-state index is -0.529. The van der Waals surface area contributed by atoms with Gasteiger partial charge in [0.1, 0.15) is 12.4 Å². The average Bonchev–Trinajstić information content (AvgIpc) is 3.18. The van der Waals surface area contributed by atoms with Crippen molar-refractivity contribution in [2.75, 3.05) is 26.4 Å². The minimum absolute atomic E-state index is 0.451. The van der Waals surface area contributed by atoms with E-state index in [1.165, 1.54) is 37.7 Å². The van der Waals surface area contributed by atoms with Gasteiger partial charge in [-0.05, 0) is 80.4 Å². The Labute approximate surface area is 191 Å². The second-order valence-electron chi connectivity index (χ2n) is 10.8. The van der Waals surface area contributed by atoms with Crippen molar-refractivity contribution in [3.05, 3.63) is 29.8 Å². The van der Waals surface area contributed by atoms with E-state index in [4.69, 9.17) is 29.7 Å². The van der Waals surface area contributed by atoms with E-state index < -0.39 is 11.6 Å². The molecule has 32 heavy (non-hydrogen) atoms. The van der Waals surface area contributed by atoms with E-state index in [-0.39, 0.29) is 0 Å². The largest absolute Gasteiger partial charge is 0.491 e. The van der Waals surface area contributed by atoms with Crippen LogP contribution in [0.3, 0.4) is 0 Å². The van der Waals surface area contributed by atoms with Crippen LogP contribution in [0.1, 0.15) is 69.3 Å². The van der Waals surface area contributed by atoms with Gasteiger partial charge in [-0.3, -0.25) is 0 Å². The predicted molar refractivity (Wildman–Crippen MR) is 119 cm³/mol. The average molecular weight is 444 g/mol. The summed E-state index contributed by atoms with van der Waals surface area (Å²) in [6, 6.07) is 8.53. The fourth-order valence-corrected chi connectivity index (χ4v) is 7.43. The summed E-state index contributed by atoms with van der Waals surface area (Å²) in [7, 11) is 0. The van der Waals surface area contributed by atoms with Gasteiger partial charge in [-0.15, -0.1) is 0 Å². The summed E-state index contributed by atoms with van der Waals surface area (Å²) in [6.07, 6.45) is 10.4. The van der Waals surface area contributed by atoms with Crippen molar-refractivity contribution < 1.29 is 24.0 Å². The van der Waals surface area contributed by atoms with Gasteiger partial charge in [-0.1, -0.05) is 12.1 Å². The molecule has 0 amide bonds. The van der Waals surface area contributed by atoms with Crippen LogP contribution in [-0.2, 0) is 19.2 Å². The van der Waals surface area contributed by atoms with Crippen molar-refractivity contribution in [3.8, 4) is 5.75 Å². The molecule has 6 heteroatoms. The smallest absolute Gasteiger partial charge is 0.210 e. The Morgan fingerprint density at radius 1 is 0.844 bits per heavy atom. The molecule has 4 bridgehead atoms. The van der Waals surface area contributed by atoms with Gasteiger partial charge < -0.3 is 19.9 Å². The number of ether oxygens (including phenoxy) is 3. The highest BCUT2D eigenvalue weighted by Gasteiger charge is 2.66. The summed E-state index contributed by atoms with van der Waals surface area (Å²) in [5.41, 5.74) is 6.79. The topological polar surface area (TPSA) is 72.2 Å². The molecule has 1 saturated heterocycles. The first-order valence-electron chi connectivity index (χ1n) is 12.8. The molecule has 0 aromatic heterocycles. The molecule has 6 nitrogen and oxygen atoms in total. The highest BCUT2D eigenvalue weighted by molar-refractivity contribution is 5.30. The molecular weight excluding hydrogens is 406 g/mol. The maximum Gasteiger partial charge on any atom is 0.210 e. The van der Waals surface area contributed by atoms with Crippen LogP contribution in [0.25, 0.3) is 0 Å². The van der Waals surface area contributed by atoms with Crippen LogP contribution in [0.4, 0.5) is 0 Å². The van der Waals surface area contributed by atoms with E-state index in [1.54, 1.807) is 0 Å². The molecule has 2 spiro atoms. The molecule has 6 fully saturated rings. The first-order chi connectivity index (χ1) is 15.7. The van der Waals surface area contributed by atoms with Crippen molar-refractivity contribution in [2.45, 2.75) is 75.3 Å². The van der Waals surface area contributed by atoms with Crippen LogP contribution >= 0.6 is 0 Å². The molecular formula is C26H37NO5. The number of benzene rings is 1. The summed E-state index contributed by atoms with van der Waals surface area (Å²) in [5.74, 6) is 3.29. The zero-order valence-electron chi connectivity index (χ0n) is 19.0. The van der Waals surface area contributed by atoms with E-state index in [9.17, 15) is 0 Å². The summed E-state index contributed by atoms with van der Waals surface area (Å²) >= 11 is 0. The van der Waals surface area contributed by atoms with Crippen LogP contribution in [0.5, 0.6) is 5.75 Å². The summed E-state index contributed by atoms with van der Waals surface area (Å²) < 4.78 is 18.0. The lowest BCUT2D eigenvalue weighted by Crippen LogP contribution is -2.59. The van der Waals surface area contributed by atoms with Gasteiger partial charge in [0.25, 0.3) is 0 Å². The molecule has 176 valence electrons. The molecule has 1 aromatic rings.